The van der Waals surface area contributed by atoms with Gasteiger partial charge >= 0.3 is 24.4 Å². The van der Waals surface area contributed by atoms with Crippen molar-refractivity contribution in [3.63, 3.8) is 0 Å². The molecule has 6 nitrogen and oxygen atoms in total. The fourth-order valence-electron chi connectivity index (χ4n) is 0.921. The summed E-state index contributed by atoms with van der Waals surface area (Å²) < 4.78 is 81.3. The van der Waals surface area contributed by atoms with Gasteiger partial charge in [0, 0.05) is 0 Å². The van der Waals surface area contributed by atoms with Crippen LogP contribution in [0.2, 0.25) is 0 Å². The number of nitrogens with two attached hydrogens (primary N) is 1. The molecule has 108 valence electrons. The van der Waals surface area contributed by atoms with E-state index in [1.165, 1.54) is 0 Å². The summed E-state index contributed by atoms with van der Waals surface area (Å²) in [6.45, 7) is 0. The molecule has 0 aliphatic heterocycles. The number of halogens is 6. The predicted octanol–water partition coefficient (Wildman–Crippen LogP) is 1.33. The molecule has 0 radical (unpaired) electrons. The third-order valence-corrected chi connectivity index (χ3v) is 1.61. The van der Waals surface area contributed by atoms with E-state index in [1.807, 2.05) is 0 Å². The van der Waals surface area contributed by atoms with Crippen molar-refractivity contribution in [1.29, 1.82) is 0 Å². The number of hydrogen-bond donors (Lipinski definition) is 1. The SMILES string of the molecule is COc1nc(N)nc(OC(C(F)(F)F)C(F)(F)F)n1. The first-order valence-electron chi connectivity index (χ1n) is 4.39. The van der Waals surface area contributed by atoms with Crippen molar-refractivity contribution in [3.8, 4) is 12.0 Å². The average molecular weight is 292 g/mol. The Hall–Kier alpha value is -2.01. The highest BCUT2D eigenvalue weighted by molar-refractivity contribution is 5.20. The van der Waals surface area contributed by atoms with Crippen LogP contribution in [0.5, 0.6) is 12.0 Å². The Labute approximate surface area is 101 Å². The molecular weight excluding hydrogens is 286 g/mol. The minimum Gasteiger partial charge on any atom is -0.467 e. The van der Waals surface area contributed by atoms with E-state index >= 15 is 0 Å². The monoisotopic (exact) mass is 292 g/mol. The molecule has 1 aromatic heterocycles. The fourth-order valence-corrected chi connectivity index (χ4v) is 0.921. The normalized spacial score (nSPS) is 12.6. The van der Waals surface area contributed by atoms with E-state index in [1.54, 1.807) is 0 Å². The standard InChI is InChI=1S/C7H6F6N4O2/c1-18-4-15-3(14)16-5(17-4)19-2(6(8,9)10)7(11,12)13/h2H,1H3,(H2,14,15,16,17). The van der Waals surface area contributed by atoms with E-state index in [-0.39, 0.29) is 0 Å². The van der Waals surface area contributed by atoms with Crippen molar-refractivity contribution >= 4 is 5.95 Å². The number of anilines is 1. The van der Waals surface area contributed by atoms with Crippen molar-refractivity contribution in [1.82, 2.24) is 15.0 Å². The maximum atomic E-state index is 12.2. The van der Waals surface area contributed by atoms with Crippen molar-refractivity contribution in [2.24, 2.45) is 0 Å². The first-order valence-corrected chi connectivity index (χ1v) is 4.39. The zero-order valence-electron chi connectivity index (χ0n) is 9.08. The second kappa shape index (κ2) is 4.93. The number of aromatic nitrogens is 3. The molecule has 0 bridgehead atoms. The molecule has 0 atom stereocenters. The molecular formula is C7H6F6N4O2. The van der Waals surface area contributed by atoms with Crippen molar-refractivity contribution in [3.05, 3.63) is 0 Å². The number of alkyl halides is 6. The van der Waals surface area contributed by atoms with E-state index in [0.717, 1.165) is 7.11 Å². The molecule has 2 N–H and O–H groups in total. The summed E-state index contributed by atoms with van der Waals surface area (Å²) in [5, 5.41) is 0. The first-order chi connectivity index (χ1) is 8.54. The number of ether oxygens (including phenoxy) is 2. The fraction of sp³-hybridized carbons (Fsp3) is 0.571. The zero-order chi connectivity index (χ0) is 14.8. The minimum atomic E-state index is -5.69. The molecule has 0 unspecified atom stereocenters. The third kappa shape index (κ3) is 3.99. The summed E-state index contributed by atoms with van der Waals surface area (Å²) in [4.78, 5) is 9.35. The van der Waals surface area contributed by atoms with Crippen LogP contribution in [0, 0.1) is 0 Å². The molecule has 0 aromatic carbocycles. The summed E-state index contributed by atoms with van der Waals surface area (Å²) in [7, 11) is 1.03. The molecule has 0 aliphatic carbocycles. The van der Waals surface area contributed by atoms with Crippen LogP contribution >= 0.6 is 0 Å². The number of rotatable bonds is 3. The molecule has 0 spiro atoms. The van der Waals surface area contributed by atoms with Crippen LogP contribution in [-0.2, 0) is 0 Å². The van der Waals surface area contributed by atoms with Crippen LogP contribution in [0.3, 0.4) is 0 Å². The lowest BCUT2D eigenvalue weighted by Gasteiger charge is -2.22. The van der Waals surface area contributed by atoms with Crippen molar-refractivity contribution in [2.45, 2.75) is 18.5 Å². The smallest absolute Gasteiger partial charge is 0.434 e. The average Bonchev–Trinajstić information content (AvgIpc) is 2.22. The summed E-state index contributed by atoms with van der Waals surface area (Å²) in [5.41, 5.74) is 5.04. The molecule has 0 amide bonds. The van der Waals surface area contributed by atoms with Crippen LogP contribution in [0.25, 0.3) is 0 Å². The summed E-state index contributed by atoms with van der Waals surface area (Å²) in [5.74, 6) is -0.648. The topological polar surface area (TPSA) is 83.2 Å². The van der Waals surface area contributed by atoms with Gasteiger partial charge in [-0.05, 0) is 0 Å². The van der Waals surface area contributed by atoms with Gasteiger partial charge < -0.3 is 15.2 Å². The predicted molar refractivity (Wildman–Crippen MR) is 47.3 cm³/mol. The van der Waals surface area contributed by atoms with Crippen LogP contribution in [0.4, 0.5) is 32.3 Å². The van der Waals surface area contributed by atoms with Crippen LogP contribution in [0.1, 0.15) is 0 Å². The van der Waals surface area contributed by atoms with Gasteiger partial charge in [0.1, 0.15) is 0 Å². The Morgan fingerprint density at radius 2 is 1.42 bits per heavy atom. The van der Waals surface area contributed by atoms with Crippen molar-refractivity contribution < 1.29 is 35.8 Å². The number of hydrogen-bond acceptors (Lipinski definition) is 6. The van der Waals surface area contributed by atoms with Gasteiger partial charge in [-0.3, -0.25) is 0 Å². The second-order valence-corrected chi connectivity index (χ2v) is 3.04. The van der Waals surface area contributed by atoms with Crippen LogP contribution in [0.15, 0.2) is 0 Å². The van der Waals surface area contributed by atoms with Crippen molar-refractivity contribution in [2.75, 3.05) is 12.8 Å². The van der Waals surface area contributed by atoms with Gasteiger partial charge in [-0.15, -0.1) is 4.98 Å². The highest BCUT2D eigenvalue weighted by Gasteiger charge is 2.59. The maximum Gasteiger partial charge on any atom is 0.434 e. The molecule has 1 heterocycles. The zero-order valence-corrected chi connectivity index (χ0v) is 9.08. The summed E-state index contributed by atoms with van der Waals surface area (Å²) in [6.07, 6.45) is -15.5. The van der Waals surface area contributed by atoms with E-state index in [9.17, 15) is 26.3 Å². The van der Waals surface area contributed by atoms with Gasteiger partial charge in [0.25, 0.3) is 6.10 Å². The Balaban J connectivity index is 3.07. The first kappa shape index (κ1) is 15.0. The van der Waals surface area contributed by atoms with E-state index in [4.69, 9.17) is 5.73 Å². The molecule has 19 heavy (non-hydrogen) atoms. The lowest BCUT2D eigenvalue weighted by molar-refractivity contribution is -0.301. The number of methoxy groups -OCH3 is 1. The molecule has 12 heteroatoms. The quantitative estimate of drug-likeness (QED) is 0.846. The number of nitrogen functional groups attached to an aromatic ring is 1. The van der Waals surface area contributed by atoms with Gasteiger partial charge in [-0.1, -0.05) is 0 Å². The van der Waals surface area contributed by atoms with E-state index in [0.29, 0.717) is 0 Å². The minimum absolute atomic E-state index is 0.578. The summed E-state index contributed by atoms with van der Waals surface area (Å²) >= 11 is 0. The van der Waals surface area contributed by atoms with Gasteiger partial charge in [0.15, 0.2) is 0 Å². The Morgan fingerprint density at radius 3 is 1.84 bits per heavy atom. The Bertz CT molecular complexity index is 434. The second-order valence-electron chi connectivity index (χ2n) is 3.04. The van der Waals surface area contributed by atoms with E-state index in [2.05, 4.69) is 24.4 Å². The summed E-state index contributed by atoms with van der Waals surface area (Å²) in [6, 6.07) is -1.82. The van der Waals surface area contributed by atoms with E-state index < -0.39 is 36.4 Å². The maximum absolute atomic E-state index is 12.2. The van der Waals surface area contributed by atoms with Crippen LogP contribution in [-0.4, -0.2) is 40.5 Å². The van der Waals surface area contributed by atoms with Gasteiger partial charge in [0.05, 0.1) is 7.11 Å². The van der Waals surface area contributed by atoms with Crippen LogP contribution < -0.4 is 15.2 Å². The molecule has 0 saturated heterocycles. The Morgan fingerprint density at radius 1 is 0.947 bits per heavy atom. The lowest BCUT2D eigenvalue weighted by Crippen LogP contribution is -2.46. The third-order valence-electron chi connectivity index (χ3n) is 1.61. The molecule has 0 saturated carbocycles. The molecule has 1 aromatic rings. The Kier molecular flexibility index (Phi) is 3.91. The molecule has 1 rings (SSSR count). The number of nitrogens with zero attached hydrogens (tertiary/aromatic N) is 3. The largest absolute Gasteiger partial charge is 0.467 e. The van der Waals surface area contributed by atoms with Gasteiger partial charge in [0.2, 0.25) is 5.95 Å². The molecule has 0 fully saturated rings. The molecule has 0 aliphatic rings. The lowest BCUT2D eigenvalue weighted by atomic mass is 10.3. The van der Waals surface area contributed by atoms with Gasteiger partial charge in [-0.2, -0.15) is 36.3 Å². The van der Waals surface area contributed by atoms with Gasteiger partial charge in [-0.25, -0.2) is 0 Å². The highest BCUT2D eigenvalue weighted by atomic mass is 19.4. The highest BCUT2D eigenvalue weighted by Crippen LogP contribution is 2.35.